The van der Waals surface area contributed by atoms with Crippen LogP contribution in [0.25, 0.3) is 23.2 Å². The van der Waals surface area contributed by atoms with Gasteiger partial charge >= 0.3 is 0 Å². The summed E-state index contributed by atoms with van der Waals surface area (Å²) >= 11 is 0. The van der Waals surface area contributed by atoms with Crippen LogP contribution in [0.15, 0.2) is 31.2 Å². The van der Waals surface area contributed by atoms with Crippen LogP contribution in [0.2, 0.25) is 0 Å². The van der Waals surface area contributed by atoms with Gasteiger partial charge in [0.2, 0.25) is 5.82 Å². The fourth-order valence-corrected chi connectivity index (χ4v) is 4.48. The van der Waals surface area contributed by atoms with Gasteiger partial charge in [0.15, 0.2) is 5.82 Å². The van der Waals surface area contributed by atoms with Crippen molar-refractivity contribution in [2.75, 3.05) is 11.9 Å². The first-order valence-corrected chi connectivity index (χ1v) is 10.4. The molecule has 2 aromatic heterocycles. The maximum Gasteiger partial charge on any atom is 0.201 e. The summed E-state index contributed by atoms with van der Waals surface area (Å²) < 4.78 is 0. The Hall–Kier alpha value is -3.13. The molecule has 0 bridgehead atoms. The van der Waals surface area contributed by atoms with Crippen LogP contribution in [0.5, 0.6) is 0 Å². The second kappa shape index (κ2) is 8.55. The monoisotopic (exact) mass is 420 g/mol. The molecule has 1 aliphatic rings. The minimum atomic E-state index is 0.0410. The normalized spacial score (nSPS) is 18.4. The zero-order valence-corrected chi connectivity index (χ0v) is 19.0. The number of pyridine rings is 1. The first kappa shape index (κ1) is 22.6. The fraction of sp³-hybridized carbons (Fsp3) is 0.435. The van der Waals surface area contributed by atoms with Gasteiger partial charge in [-0.05, 0) is 46.6 Å². The van der Waals surface area contributed by atoms with Gasteiger partial charge in [0, 0.05) is 59.5 Å². The van der Waals surface area contributed by atoms with Crippen LogP contribution in [0.3, 0.4) is 0 Å². The maximum absolute atomic E-state index is 7.47. The fourth-order valence-electron chi connectivity index (χ4n) is 4.48. The van der Waals surface area contributed by atoms with Crippen molar-refractivity contribution in [2.24, 2.45) is 5.73 Å². The molecule has 0 radical (unpaired) electrons. The third-order valence-corrected chi connectivity index (χ3v) is 5.64. The summed E-state index contributed by atoms with van der Waals surface area (Å²) in [6, 6.07) is 2.19. The van der Waals surface area contributed by atoms with E-state index in [0.29, 0.717) is 23.1 Å². The van der Waals surface area contributed by atoms with E-state index < -0.39 is 0 Å². The van der Waals surface area contributed by atoms with Crippen LogP contribution in [-0.2, 0) is 0 Å². The Balaban J connectivity index is 1.86. The Labute approximate surface area is 184 Å². The van der Waals surface area contributed by atoms with E-state index in [1.807, 2.05) is 13.1 Å². The zero-order chi connectivity index (χ0) is 22.8. The summed E-state index contributed by atoms with van der Waals surface area (Å²) in [4.78, 5) is 11.2. The highest BCUT2D eigenvalue weighted by Crippen LogP contribution is 2.32. The average molecular weight is 421 g/mol. The van der Waals surface area contributed by atoms with Gasteiger partial charge in [0.05, 0.1) is 6.20 Å². The molecule has 31 heavy (non-hydrogen) atoms. The van der Waals surface area contributed by atoms with Gasteiger partial charge in [-0.2, -0.15) is 0 Å². The molecule has 1 fully saturated rings. The summed E-state index contributed by atoms with van der Waals surface area (Å²) in [6.45, 7) is 12.8. The first-order chi connectivity index (χ1) is 14.6. The Bertz CT molecular complexity index is 975. The van der Waals surface area contributed by atoms with Crippen LogP contribution in [0.1, 0.15) is 51.7 Å². The van der Waals surface area contributed by atoms with Crippen molar-refractivity contribution in [2.45, 2.75) is 57.7 Å². The minimum absolute atomic E-state index is 0.0410. The highest BCUT2D eigenvalue weighted by molar-refractivity contribution is 6.08. The maximum atomic E-state index is 7.47. The van der Waals surface area contributed by atoms with Crippen molar-refractivity contribution >= 4 is 23.7 Å². The number of nitrogens with one attached hydrogen (secondary N) is 2. The van der Waals surface area contributed by atoms with Crippen LogP contribution in [-0.4, -0.2) is 50.5 Å². The van der Waals surface area contributed by atoms with Crippen LogP contribution in [0.4, 0.5) is 5.82 Å². The number of nitrogens with two attached hydrogens (primary N) is 1. The predicted octanol–water partition coefficient (Wildman–Crippen LogP) is 3.27. The van der Waals surface area contributed by atoms with Crippen LogP contribution < -0.4 is 16.0 Å². The SMILES string of the molecule is C=Cc1cc(/C(C=N)=C/N)cnc1-c1ncc(N(C)C2CC(C)(C)NC(C)(C)C2)nn1. The molecule has 0 amide bonds. The smallest absolute Gasteiger partial charge is 0.201 e. The van der Waals surface area contributed by atoms with E-state index in [2.05, 4.69) is 64.7 Å². The molecule has 0 saturated carbocycles. The molecule has 1 saturated heterocycles. The molecule has 2 aromatic rings. The number of hydrogen-bond donors (Lipinski definition) is 3. The second-order valence-corrected chi connectivity index (χ2v) is 9.34. The first-order valence-electron chi connectivity index (χ1n) is 10.4. The van der Waals surface area contributed by atoms with Gasteiger partial charge in [-0.1, -0.05) is 12.7 Å². The third kappa shape index (κ3) is 4.96. The molecule has 0 atom stereocenters. The van der Waals surface area contributed by atoms with Gasteiger partial charge in [-0.25, -0.2) is 4.98 Å². The molecule has 3 rings (SSSR count). The lowest BCUT2D eigenvalue weighted by atomic mass is 9.79. The van der Waals surface area contributed by atoms with Gasteiger partial charge in [-0.3, -0.25) is 4.98 Å². The van der Waals surface area contributed by atoms with E-state index in [4.69, 9.17) is 11.1 Å². The molecule has 0 spiro atoms. The molecule has 3 heterocycles. The van der Waals surface area contributed by atoms with Crippen molar-refractivity contribution in [3.05, 3.63) is 42.4 Å². The molecule has 1 aliphatic heterocycles. The van der Waals surface area contributed by atoms with Crippen molar-refractivity contribution in [3.63, 3.8) is 0 Å². The zero-order valence-electron chi connectivity index (χ0n) is 19.0. The topological polar surface area (TPSA) is 117 Å². The lowest BCUT2D eigenvalue weighted by Gasteiger charge is -2.49. The van der Waals surface area contributed by atoms with Crippen LogP contribution >= 0.6 is 0 Å². The summed E-state index contributed by atoms with van der Waals surface area (Å²) in [6.07, 6.45) is 9.66. The Kier molecular flexibility index (Phi) is 6.22. The van der Waals surface area contributed by atoms with Crippen molar-refractivity contribution < 1.29 is 0 Å². The van der Waals surface area contributed by atoms with Crippen molar-refractivity contribution in [1.82, 2.24) is 25.5 Å². The van der Waals surface area contributed by atoms with E-state index in [1.54, 1.807) is 18.5 Å². The van der Waals surface area contributed by atoms with Gasteiger partial charge in [-0.15, -0.1) is 10.2 Å². The summed E-state index contributed by atoms with van der Waals surface area (Å²) in [5.74, 6) is 1.16. The lowest BCUT2D eigenvalue weighted by molar-refractivity contribution is 0.160. The predicted molar refractivity (Wildman–Crippen MR) is 127 cm³/mol. The van der Waals surface area contributed by atoms with E-state index in [1.165, 1.54) is 12.4 Å². The Morgan fingerprint density at radius 2 is 1.87 bits per heavy atom. The molecule has 0 aromatic carbocycles. The second-order valence-electron chi connectivity index (χ2n) is 9.34. The lowest BCUT2D eigenvalue weighted by Crippen LogP contribution is -2.62. The molecule has 164 valence electrons. The Morgan fingerprint density at radius 1 is 1.19 bits per heavy atom. The van der Waals surface area contributed by atoms with E-state index in [0.717, 1.165) is 29.8 Å². The standard InChI is InChI=1S/C23H32N8/c1-7-15-8-16(17(11-24)12-25)13-26-20(15)21-27-14-19(28-29-21)31(6)18-9-22(2,3)30-23(4,5)10-18/h7-8,11-14,18,24,30H,1,9-10,25H2,2-6H3/b17-12+,24-11?. The van der Waals surface area contributed by atoms with E-state index in [9.17, 15) is 0 Å². The quantitative estimate of drug-likeness (QED) is 0.614. The summed E-state index contributed by atoms with van der Waals surface area (Å²) in [7, 11) is 2.05. The van der Waals surface area contributed by atoms with E-state index in [-0.39, 0.29) is 11.1 Å². The number of allylic oxidation sites excluding steroid dienone is 1. The summed E-state index contributed by atoms with van der Waals surface area (Å²) in [5.41, 5.74) is 8.32. The number of hydrogen-bond acceptors (Lipinski definition) is 8. The van der Waals surface area contributed by atoms with Gasteiger partial charge in [0.1, 0.15) is 5.69 Å². The minimum Gasteiger partial charge on any atom is -0.404 e. The van der Waals surface area contributed by atoms with E-state index >= 15 is 0 Å². The Morgan fingerprint density at radius 3 is 2.39 bits per heavy atom. The average Bonchev–Trinajstić information content (AvgIpc) is 2.72. The van der Waals surface area contributed by atoms with Crippen molar-refractivity contribution in [1.29, 1.82) is 5.41 Å². The number of piperidine rings is 1. The largest absolute Gasteiger partial charge is 0.404 e. The number of rotatable bonds is 6. The third-order valence-electron chi connectivity index (χ3n) is 5.64. The molecular formula is C23H32N8. The van der Waals surface area contributed by atoms with Crippen molar-refractivity contribution in [3.8, 4) is 11.5 Å². The van der Waals surface area contributed by atoms with Gasteiger partial charge in [0.25, 0.3) is 0 Å². The molecule has 8 heteroatoms. The number of anilines is 1. The summed E-state index contributed by atoms with van der Waals surface area (Å²) in [5, 5.41) is 20.0. The highest BCUT2D eigenvalue weighted by atomic mass is 15.3. The van der Waals surface area contributed by atoms with Crippen LogP contribution in [0, 0.1) is 5.41 Å². The number of aromatic nitrogens is 4. The van der Waals surface area contributed by atoms with Gasteiger partial charge < -0.3 is 21.4 Å². The number of nitrogens with zero attached hydrogens (tertiary/aromatic N) is 5. The molecular weight excluding hydrogens is 388 g/mol. The molecule has 8 nitrogen and oxygen atoms in total. The molecule has 0 unspecified atom stereocenters. The molecule has 0 aliphatic carbocycles. The molecule has 4 N–H and O–H groups in total. The highest BCUT2D eigenvalue weighted by Gasteiger charge is 2.39.